The molecule has 0 unspecified atom stereocenters. The van der Waals surface area contributed by atoms with Crippen molar-refractivity contribution >= 4 is 0 Å². The molecule has 0 bridgehead atoms. The molecule has 0 heterocycles. The third kappa shape index (κ3) is 2.53. The summed E-state index contributed by atoms with van der Waals surface area (Å²) >= 11 is 0. The molecule has 0 saturated heterocycles. The van der Waals surface area contributed by atoms with Crippen LogP contribution in [0, 0.1) is 0 Å². The number of rotatable bonds is 3. The van der Waals surface area contributed by atoms with Gasteiger partial charge in [-0.1, -0.05) is 18.7 Å². The maximum atomic E-state index is 5.02. The average molecular weight is 138 g/mol. The van der Waals surface area contributed by atoms with Gasteiger partial charge in [0, 0.05) is 5.57 Å². The van der Waals surface area contributed by atoms with Crippen LogP contribution in [0.4, 0.5) is 0 Å². The van der Waals surface area contributed by atoms with E-state index in [1.54, 1.807) is 7.11 Å². The van der Waals surface area contributed by atoms with Crippen molar-refractivity contribution in [2.75, 3.05) is 7.11 Å². The summed E-state index contributed by atoms with van der Waals surface area (Å²) in [6.07, 6.45) is 5.74. The second kappa shape index (κ2) is 4.86. The molecule has 1 heteroatoms. The Bertz CT molecular complexity index is 164. The van der Waals surface area contributed by atoms with Gasteiger partial charge in [0.15, 0.2) is 0 Å². The van der Waals surface area contributed by atoms with Crippen LogP contribution in [0.1, 0.15) is 13.8 Å². The van der Waals surface area contributed by atoms with E-state index in [2.05, 4.69) is 6.58 Å². The lowest BCUT2D eigenvalue weighted by Crippen LogP contribution is -1.86. The SMILES string of the molecule is C=C(/C=C\C)/C(=C\C)OC. The predicted octanol–water partition coefficient (Wildman–Crippen LogP) is 2.67. The molecule has 10 heavy (non-hydrogen) atoms. The largest absolute Gasteiger partial charge is 0.497 e. The zero-order valence-corrected chi connectivity index (χ0v) is 6.85. The lowest BCUT2D eigenvalue weighted by molar-refractivity contribution is 0.302. The summed E-state index contributed by atoms with van der Waals surface area (Å²) in [4.78, 5) is 0. The molecule has 0 aliphatic carbocycles. The van der Waals surface area contributed by atoms with Crippen LogP contribution >= 0.6 is 0 Å². The third-order valence-electron chi connectivity index (χ3n) is 1.17. The minimum atomic E-state index is 0.832. The fraction of sp³-hybridized carbons (Fsp3) is 0.333. The first-order chi connectivity index (χ1) is 4.76. The zero-order valence-electron chi connectivity index (χ0n) is 6.85. The molecule has 0 aliphatic heterocycles. The van der Waals surface area contributed by atoms with Crippen LogP contribution in [-0.4, -0.2) is 7.11 Å². The van der Waals surface area contributed by atoms with Gasteiger partial charge in [0.05, 0.1) is 7.11 Å². The van der Waals surface area contributed by atoms with Crippen LogP contribution in [0.2, 0.25) is 0 Å². The summed E-state index contributed by atoms with van der Waals surface area (Å²) in [5.74, 6) is 0.832. The summed E-state index contributed by atoms with van der Waals surface area (Å²) < 4.78 is 5.02. The van der Waals surface area contributed by atoms with Gasteiger partial charge in [-0.3, -0.25) is 0 Å². The molecular weight excluding hydrogens is 124 g/mol. The fourth-order valence-corrected chi connectivity index (χ4v) is 0.718. The van der Waals surface area contributed by atoms with Gasteiger partial charge < -0.3 is 4.74 Å². The van der Waals surface area contributed by atoms with Gasteiger partial charge in [-0.15, -0.1) is 0 Å². The second-order valence-electron chi connectivity index (χ2n) is 1.88. The van der Waals surface area contributed by atoms with Gasteiger partial charge in [0.2, 0.25) is 0 Å². The van der Waals surface area contributed by atoms with Crippen LogP contribution < -0.4 is 0 Å². The smallest absolute Gasteiger partial charge is 0.121 e. The van der Waals surface area contributed by atoms with E-state index in [0.29, 0.717) is 0 Å². The van der Waals surface area contributed by atoms with Gasteiger partial charge in [-0.2, -0.15) is 0 Å². The lowest BCUT2D eigenvalue weighted by atomic mass is 10.2. The highest BCUT2D eigenvalue weighted by molar-refractivity contribution is 5.32. The van der Waals surface area contributed by atoms with Crippen molar-refractivity contribution in [1.82, 2.24) is 0 Å². The summed E-state index contributed by atoms with van der Waals surface area (Å²) in [7, 11) is 1.64. The Kier molecular flexibility index (Phi) is 4.38. The minimum absolute atomic E-state index is 0.832. The normalized spacial score (nSPS) is 12.1. The van der Waals surface area contributed by atoms with E-state index in [9.17, 15) is 0 Å². The first-order valence-corrected chi connectivity index (χ1v) is 3.28. The van der Waals surface area contributed by atoms with Crippen molar-refractivity contribution in [3.05, 3.63) is 36.1 Å². The van der Waals surface area contributed by atoms with E-state index in [1.807, 2.05) is 32.1 Å². The molecule has 0 aromatic carbocycles. The highest BCUT2D eigenvalue weighted by atomic mass is 16.5. The van der Waals surface area contributed by atoms with E-state index < -0.39 is 0 Å². The van der Waals surface area contributed by atoms with Crippen LogP contribution in [0.3, 0.4) is 0 Å². The molecule has 0 aromatic heterocycles. The number of ether oxygens (including phenoxy) is 1. The third-order valence-corrected chi connectivity index (χ3v) is 1.17. The van der Waals surface area contributed by atoms with Crippen LogP contribution in [-0.2, 0) is 4.74 Å². The van der Waals surface area contributed by atoms with Gasteiger partial charge in [-0.05, 0) is 19.9 Å². The Morgan fingerprint density at radius 1 is 1.40 bits per heavy atom. The van der Waals surface area contributed by atoms with E-state index in [1.165, 1.54) is 0 Å². The standard InChI is InChI=1S/C9H14O/c1-5-7-8(3)9(6-2)10-4/h5-7H,3H2,1-2,4H3/b7-5-,9-6+. The van der Waals surface area contributed by atoms with E-state index in [0.717, 1.165) is 11.3 Å². The summed E-state index contributed by atoms with van der Waals surface area (Å²) in [5.41, 5.74) is 0.910. The monoisotopic (exact) mass is 138 g/mol. The molecule has 0 saturated carbocycles. The molecule has 0 atom stereocenters. The molecule has 0 aliphatic rings. The number of methoxy groups -OCH3 is 1. The average Bonchev–Trinajstić information content (AvgIpc) is 1.91. The number of hydrogen-bond donors (Lipinski definition) is 0. The van der Waals surface area contributed by atoms with Crippen molar-refractivity contribution < 1.29 is 4.74 Å². The predicted molar refractivity (Wildman–Crippen MR) is 44.7 cm³/mol. The molecule has 0 aromatic rings. The van der Waals surface area contributed by atoms with Gasteiger partial charge >= 0.3 is 0 Å². The van der Waals surface area contributed by atoms with Crippen molar-refractivity contribution in [3.63, 3.8) is 0 Å². The van der Waals surface area contributed by atoms with Crippen molar-refractivity contribution in [2.24, 2.45) is 0 Å². The van der Waals surface area contributed by atoms with Gasteiger partial charge in [0.25, 0.3) is 0 Å². The van der Waals surface area contributed by atoms with Crippen LogP contribution in [0.25, 0.3) is 0 Å². The van der Waals surface area contributed by atoms with Crippen LogP contribution in [0.5, 0.6) is 0 Å². The van der Waals surface area contributed by atoms with Crippen molar-refractivity contribution in [2.45, 2.75) is 13.8 Å². The van der Waals surface area contributed by atoms with E-state index in [-0.39, 0.29) is 0 Å². The van der Waals surface area contributed by atoms with Crippen molar-refractivity contribution in [3.8, 4) is 0 Å². The molecular formula is C9H14O. The van der Waals surface area contributed by atoms with E-state index >= 15 is 0 Å². The Labute approximate surface area is 62.7 Å². The molecule has 0 amide bonds. The number of hydrogen-bond acceptors (Lipinski definition) is 1. The highest BCUT2D eigenvalue weighted by Gasteiger charge is 1.93. The van der Waals surface area contributed by atoms with Crippen molar-refractivity contribution in [1.29, 1.82) is 0 Å². The molecule has 0 N–H and O–H groups in total. The van der Waals surface area contributed by atoms with Crippen LogP contribution in [0.15, 0.2) is 36.1 Å². The first-order valence-electron chi connectivity index (χ1n) is 3.28. The number of allylic oxidation sites excluding steroid dienone is 3. The maximum Gasteiger partial charge on any atom is 0.121 e. The summed E-state index contributed by atoms with van der Waals surface area (Å²) in [5, 5.41) is 0. The van der Waals surface area contributed by atoms with E-state index in [4.69, 9.17) is 4.74 Å². The molecule has 0 radical (unpaired) electrons. The van der Waals surface area contributed by atoms with Gasteiger partial charge in [-0.25, -0.2) is 0 Å². The quantitative estimate of drug-likeness (QED) is 0.430. The Balaban J connectivity index is 4.18. The summed E-state index contributed by atoms with van der Waals surface area (Å²) in [6.45, 7) is 7.68. The Hall–Kier alpha value is -0.980. The second-order valence-corrected chi connectivity index (χ2v) is 1.88. The molecule has 56 valence electrons. The zero-order chi connectivity index (χ0) is 7.98. The molecule has 0 rings (SSSR count). The Morgan fingerprint density at radius 2 is 2.00 bits per heavy atom. The maximum absolute atomic E-state index is 5.02. The van der Waals surface area contributed by atoms with Gasteiger partial charge in [0.1, 0.15) is 5.76 Å². The summed E-state index contributed by atoms with van der Waals surface area (Å²) in [6, 6.07) is 0. The fourth-order valence-electron chi connectivity index (χ4n) is 0.718. The molecule has 0 spiro atoms. The topological polar surface area (TPSA) is 9.23 Å². The first kappa shape index (κ1) is 9.02. The molecule has 1 nitrogen and oxygen atoms in total. The lowest BCUT2D eigenvalue weighted by Gasteiger charge is -2.03. The highest BCUT2D eigenvalue weighted by Crippen LogP contribution is 2.08. The minimum Gasteiger partial charge on any atom is -0.497 e. The molecule has 0 fully saturated rings. The Morgan fingerprint density at radius 3 is 2.30 bits per heavy atom.